The van der Waals surface area contributed by atoms with Gasteiger partial charge in [-0.25, -0.2) is 0 Å². The van der Waals surface area contributed by atoms with E-state index in [1.54, 1.807) is 12.4 Å². The van der Waals surface area contributed by atoms with Crippen molar-refractivity contribution in [2.24, 2.45) is 0 Å². The summed E-state index contributed by atoms with van der Waals surface area (Å²) in [6.45, 7) is 4.86. The van der Waals surface area contributed by atoms with Crippen molar-refractivity contribution in [2.75, 3.05) is 49.6 Å². The normalized spacial score (nSPS) is 16.9. The highest BCUT2D eigenvalue weighted by molar-refractivity contribution is 6.04. The van der Waals surface area contributed by atoms with Crippen molar-refractivity contribution in [3.05, 3.63) is 102 Å². The molecular weight excluding hydrogens is 432 g/mol. The second-order valence-corrected chi connectivity index (χ2v) is 9.63. The summed E-state index contributed by atoms with van der Waals surface area (Å²) >= 11 is 0. The van der Waals surface area contributed by atoms with Crippen LogP contribution in [0, 0.1) is 0 Å². The zero-order valence-corrected chi connectivity index (χ0v) is 20.1. The maximum atomic E-state index is 14.4. The number of hydrogen-bond donors (Lipinski definition) is 0. The molecule has 35 heavy (non-hydrogen) atoms. The Bertz CT molecular complexity index is 1360. The average molecular weight is 463 g/mol. The highest BCUT2D eigenvalue weighted by Gasteiger charge is 2.33. The first-order chi connectivity index (χ1) is 17.2. The van der Waals surface area contributed by atoms with Crippen LogP contribution in [0.25, 0.3) is 10.8 Å². The summed E-state index contributed by atoms with van der Waals surface area (Å²) in [6, 6.07) is 25.2. The molecule has 1 atom stereocenters. The third-order valence-corrected chi connectivity index (χ3v) is 7.52. The Morgan fingerprint density at radius 2 is 1.63 bits per heavy atom. The van der Waals surface area contributed by atoms with E-state index in [1.165, 1.54) is 11.3 Å². The van der Waals surface area contributed by atoms with E-state index in [1.807, 2.05) is 29.2 Å². The zero-order valence-electron chi connectivity index (χ0n) is 20.1. The maximum Gasteiger partial charge on any atom is 0.239 e. The van der Waals surface area contributed by atoms with Crippen LogP contribution in [-0.2, 0) is 11.2 Å². The van der Waals surface area contributed by atoms with Crippen LogP contribution >= 0.6 is 0 Å². The first-order valence-electron chi connectivity index (χ1n) is 12.4. The number of carbonyl (C=O) groups is 1. The zero-order chi connectivity index (χ0) is 23.8. The van der Waals surface area contributed by atoms with Crippen molar-refractivity contribution < 1.29 is 4.79 Å². The quantitative estimate of drug-likeness (QED) is 0.441. The third kappa shape index (κ3) is 4.06. The molecule has 2 aliphatic heterocycles. The molecule has 2 aliphatic rings. The fraction of sp³-hybridized carbons (Fsp3) is 0.267. The lowest BCUT2D eigenvalue weighted by Gasteiger charge is -2.34. The number of piperazine rings is 1. The number of amides is 1. The molecule has 3 aromatic carbocycles. The fourth-order valence-corrected chi connectivity index (χ4v) is 5.53. The van der Waals surface area contributed by atoms with E-state index in [9.17, 15) is 4.79 Å². The van der Waals surface area contributed by atoms with Crippen LogP contribution < -0.4 is 9.80 Å². The first kappa shape index (κ1) is 21.8. The van der Waals surface area contributed by atoms with Gasteiger partial charge in [0, 0.05) is 56.5 Å². The van der Waals surface area contributed by atoms with Crippen LogP contribution in [0.15, 0.2) is 85.2 Å². The van der Waals surface area contributed by atoms with Crippen LogP contribution in [0.4, 0.5) is 11.4 Å². The molecule has 0 N–H and O–H groups in total. The van der Waals surface area contributed by atoms with Gasteiger partial charge in [0.15, 0.2) is 0 Å². The van der Waals surface area contributed by atoms with Crippen LogP contribution in [0.2, 0.25) is 0 Å². The largest absolute Gasteiger partial charge is 0.369 e. The van der Waals surface area contributed by atoms with Crippen molar-refractivity contribution in [2.45, 2.75) is 12.3 Å². The van der Waals surface area contributed by atoms with Gasteiger partial charge in [-0.3, -0.25) is 9.78 Å². The van der Waals surface area contributed by atoms with Gasteiger partial charge in [-0.15, -0.1) is 0 Å². The minimum Gasteiger partial charge on any atom is -0.369 e. The number of nitrogens with zero attached hydrogens (tertiary/aromatic N) is 4. The molecule has 1 unspecified atom stereocenters. The molecule has 4 aromatic rings. The summed E-state index contributed by atoms with van der Waals surface area (Å²) in [7, 11) is 2.17. The number of fused-ring (bicyclic) bond motifs is 2. The van der Waals surface area contributed by atoms with Gasteiger partial charge >= 0.3 is 0 Å². The van der Waals surface area contributed by atoms with Crippen LogP contribution in [0.5, 0.6) is 0 Å². The van der Waals surface area contributed by atoms with Gasteiger partial charge in [0.1, 0.15) is 0 Å². The summed E-state index contributed by atoms with van der Waals surface area (Å²) in [5.74, 6) is -0.260. The number of hydrogen-bond acceptors (Lipinski definition) is 4. The standard InChI is InChI=1S/C30H30N4O/c1-32-17-19-33(20-18-32)25-10-9-23-13-16-34(28(23)21-25)30(35)29(24-11-14-31-15-12-24)27-8-4-6-22-5-2-3-7-26(22)27/h2-12,14-15,21,29H,13,16-20H2,1H3. The topological polar surface area (TPSA) is 39.7 Å². The highest BCUT2D eigenvalue weighted by atomic mass is 16.2. The molecule has 176 valence electrons. The lowest BCUT2D eigenvalue weighted by molar-refractivity contribution is -0.119. The molecule has 1 aromatic heterocycles. The minimum absolute atomic E-state index is 0.127. The predicted octanol–water partition coefficient (Wildman–Crippen LogP) is 4.71. The van der Waals surface area contributed by atoms with E-state index in [2.05, 4.69) is 70.4 Å². The van der Waals surface area contributed by atoms with E-state index >= 15 is 0 Å². The van der Waals surface area contributed by atoms with Gasteiger partial charge in [0.25, 0.3) is 0 Å². The number of rotatable bonds is 4. The third-order valence-electron chi connectivity index (χ3n) is 7.52. The van der Waals surface area contributed by atoms with E-state index in [0.29, 0.717) is 6.54 Å². The van der Waals surface area contributed by atoms with Crippen LogP contribution in [-0.4, -0.2) is 55.6 Å². The Balaban J connectivity index is 1.40. The van der Waals surface area contributed by atoms with Crippen LogP contribution in [0.1, 0.15) is 22.6 Å². The molecule has 5 nitrogen and oxygen atoms in total. The van der Waals surface area contributed by atoms with Gasteiger partial charge in [0.2, 0.25) is 5.91 Å². The monoisotopic (exact) mass is 462 g/mol. The summed E-state index contributed by atoms with van der Waals surface area (Å²) < 4.78 is 0. The Morgan fingerprint density at radius 3 is 2.46 bits per heavy atom. The van der Waals surface area contributed by atoms with E-state index < -0.39 is 0 Å². The number of likely N-dealkylation sites (N-methyl/N-ethyl adjacent to an activating group) is 1. The Kier molecular flexibility index (Phi) is 5.71. The Labute approximate surface area is 206 Å². The number of aromatic nitrogens is 1. The molecule has 0 spiro atoms. The smallest absolute Gasteiger partial charge is 0.239 e. The van der Waals surface area contributed by atoms with Crippen molar-refractivity contribution in [1.82, 2.24) is 9.88 Å². The summed E-state index contributed by atoms with van der Waals surface area (Å²) in [5.41, 5.74) is 5.54. The molecule has 1 saturated heterocycles. The molecule has 0 saturated carbocycles. The maximum absolute atomic E-state index is 14.4. The van der Waals surface area contributed by atoms with Gasteiger partial charge in [-0.1, -0.05) is 48.5 Å². The molecule has 0 aliphatic carbocycles. The van der Waals surface area contributed by atoms with Crippen molar-refractivity contribution in [1.29, 1.82) is 0 Å². The fourth-order valence-electron chi connectivity index (χ4n) is 5.53. The molecule has 0 bridgehead atoms. The molecule has 6 rings (SSSR count). The van der Waals surface area contributed by atoms with Crippen LogP contribution in [0.3, 0.4) is 0 Å². The summed E-state index contributed by atoms with van der Waals surface area (Å²) in [5, 5.41) is 2.27. The Hall–Kier alpha value is -3.70. The molecule has 3 heterocycles. The molecule has 5 heteroatoms. The molecule has 0 radical (unpaired) electrons. The lowest BCUT2D eigenvalue weighted by atomic mass is 9.87. The molecule has 1 fully saturated rings. The second-order valence-electron chi connectivity index (χ2n) is 9.63. The van der Waals surface area contributed by atoms with E-state index in [0.717, 1.165) is 60.2 Å². The predicted molar refractivity (Wildman–Crippen MR) is 142 cm³/mol. The van der Waals surface area contributed by atoms with E-state index in [4.69, 9.17) is 0 Å². The first-order valence-corrected chi connectivity index (χ1v) is 12.4. The second kappa shape index (κ2) is 9.16. The number of pyridine rings is 1. The number of anilines is 2. The highest BCUT2D eigenvalue weighted by Crippen LogP contribution is 2.38. The summed E-state index contributed by atoms with van der Waals surface area (Å²) in [4.78, 5) is 25.4. The van der Waals surface area contributed by atoms with Gasteiger partial charge in [0.05, 0.1) is 5.92 Å². The Morgan fingerprint density at radius 1 is 0.857 bits per heavy atom. The van der Waals surface area contributed by atoms with Gasteiger partial charge in [-0.05, 0) is 65.2 Å². The SMILES string of the molecule is CN1CCN(c2ccc3c(c2)N(C(=O)C(c2ccncc2)c2cccc4ccccc24)CC3)CC1. The lowest BCUT2D eigenvalue weighted by Crippen LogP contribution is -2.44. The number of carbonyl (C=O) groups excluding carboxylic acids is 1. The van der Waals surface area contributed by atoms with E-state index in [-0.39, 0.29) is 11.8 Å². The minimum atomic E-state index is -0.387. The van der Waals surface area contributed by atoms with Gasteiger partial charge in [-0.2, -0.15) is 0 Å². The number of benzene rings is 3. The summed E-state index contributed by atoms with van der Waals surface area (Å²) in [6.07, 6.45) is 4.46. The van der Waals surface area contributed by atoms with Crippen molar-refractivity contribution in [3.8, 4) is 0 Å². The molecular formula is C30H30N4O. The average Bonchev–Trinajstić information content (AvgIpc) is 3.33. The molecule has 1 amide bonds. The van der Waals surface area contributed by atoms with Gasteiger partial charge < -0.3 is 14.7 Å². The van der Waals surface area contributed by atoms with Crippen molar-refractivity contribution >= 4 is 28.1 Å². The van der Waals surface area contributed by atoms with Crippen molar-refractivity contribution in [3.63, 3.8) is 0 Å².